The molecule has 92 valence electrons. The first-order chi connectivity index (χ1) is 7.82. The van der Waals surface area contributed by atoms with Crippen LogP contribution in [-0.2, 0) is 0 Å². The molecule has 0 aliphatic heterocycles. The lowest BCUT2D eigenvalue weighted by Gasteiger charge is -2.08. The highest BCUT2D eigenvalue weighted by atomic mass is 19.2. The van der Waals surface area contributed by atoms with Crippen LogP contribution in [0.5, 0.6) is 0 Å². The van der Waals surface area contributed by atoms with Gasteiger partial charge in [-0.25, -0.2) is 8.78 Å². The molecule has 0 bridgehead atoms. The number of hydrogen-bond acceptors (Lipinski definition) is 4. The maximum Gasteiger partial charge on any atom is 0.276 e. The summed E-state index contributed by atoms with van der Waals surface area (Å²) >= 11 is 0. The Morgan fingerprint density at radius 2 is 1.47 bits per heavy atom. The molecule has 0 amide bonds. The van der Waals surface area contributed by atoms with Crippen LogP contribution in [0.25, 0.3) is 0 Å². The van der Waals surface area contributed by atoms with Gasteiger partial charge in [-0.3, -0.25) is 20.2 Å². The van der Waals surface area contributed by atoms with Gasteiger partial charge in [-0.15, -0.1) is 0 Å². The Balaban J connectivity index is 3.31. The van der Waals surface area contributed by atoms with Crippen molar-refractivity contribution in [3.63, 3.8) is 0 Å². The maximum atomic E-state index is 13.3. The fourth-order valence-corrected chi connectivity index (χ4v) is 1.25. The van der Waals surface area contributed by atoms with Crippen LogP contribution in [0.1, 0.15) is 18.7 Å². The van der Waals surface area contributed by atoms with E-state index in [-0.39, 0.29) is 0 Å². The summed E-state index contributed by atoms with van der Waals surface area (Å²) in [7, 11) is 0. The second-order valence-electron chi connectivity index (χ2n) is 3.38. The SMILES string of the molecule is CC(F)C(F)c1cc([N+](=O)[O-])cc([N+](=O)[O-])c1. The normalized spacial score (nSPS) is 14.1. The topological polar surface area (TPSA) is 86.3 Å². The third-order valence-corrected chi connectivity index (χ3v) is 2.07. The molecule has 17 heavy (non-hydrogen) atoms. The second-order valence-corrected chi connectivity index (χ2v) is 3.38. The summed E-state index contributed by atoms with van der Waals surface area (Å²) in [5.41, 5.74) is -1.70. The zero-order valence-corrected chi connectivity index (χ0v) is 8.67. The minimum atomic E-state index is -2.13. The molecule has 0 aliphatic carbocycles. The Morgan fingerprint density at radius 1 is 1.06 bits per heavy atom. The molecule has 0 aromatic heterocycles. The average molecular weight is 246 g/mol. The summed E-state index contributed by atoms with van der Waals surface area (Å²) in [6.07, 6.45) is -4.04. The molecule has 8 heteroatoms. The molecule has 0 saturated carbocycles. The summed E-state index contributed by atoms with van der Waals surface area (Å²) in [6.45, 7) is 0.926. The van der Waals surface area contributed by atoms with E-state index in [1.54, 1.807) is 0 Å². The monoisotopic (exact) mass is 246 g/mol. The molecule has 6 nitrogen and oxygen atoms in total. The van der Waals surface area contributed by atoms with Crippen molar-refractivity contribution < 1.29 is 18.6 Å². The number of non-ortho nitro benzene ring substituents is 2. The van der Waals surface area contributed by atoms with Gasteiger partial charge in [0, 0.05) is 17.7 Å². The van der Waals surface area contributed by atoms with E-state index in [1.807, 2.05) is 0 Å². The van der Waals surface area contributed by atoms with E-state index in [2.05, 4.69) is 0 Å². The van der Waals surface area contributed by atoms with E-state index in [4.69, 9.17) is 0 Å². The highest BCUT2D eigenvalue weighted by Gasteiger charge is 2.24. The molecule has 0 spiro atoms. The highest BCUT2D eigenvalue weighted by molar-refractivity contribution is 5.47. The summed E-state index contributed by atoms with van der Waals surface area (Å²) < 4.78 is 26.1. The molecular weight excluding hydrogens is 238 g/mol. The highest BCUT2D eigenvalue weighted by Crippen LogP contribution is 2.30. The number of nitro groups is 2. The predicted molar refractivity (Wildman–Crippen MR) is 54.2 cm³/mol. The van der Waals surface area contributed by atoms with Gasteiger partial charge < -0.3 is 0 Å². The van der Waals surface area contributed by atoms with Crippen LogP contribution in [-0.4, -0.2) is 16.0 Å². The van der Waals surface area contributed by atoms with Crippen LogP contribution in [0.4, 0.5) is 20.2 Å². The predicted octanol–water partition coefficient (Wildman–Crippen LogP) is 2.87. The Labute approximate surface area is 94.2 Å². The van der Waals surface area contributed by atoms with E-state index in [9.17, 15) is 29.0 Å². The lowest BCUT2D eigenvalue weighted by Crippen LogP contribution is -2.06. The summed E-state index contributed by atoms with van der Waals surface area (Å²) in [6, 6.07) is 2.26. The van der Waals surface area contributed by atoms with Crippen molar-refractivity contribution in [3.8, 4) is 0 Å². The van der Waals surface area contributed by atoms with Crippen LogP contribution < -0.4 is 0 Å². The molecule has 0 N–H and O–H groups in total. The van der Waals surface area contributed by atoms with E-state index in [0.717, 1.165) is 19.1 Å². The van der Waals surface area contributed by atoms with E-state index < -0.39 is 39.1 Å². The maximum absolute atomic E-state index is 13.3. The number of nitrogens with zero attached hydrogens (tertiary/aromatic N) is 2. The number of benzene rings is 1. The molecule has 1 aromatic carbocycles. The van der Waals surface area contributed by atoms with Gasteiger partial charge in [0.25, 0.3) is 11.4 Å². The van der Waals surface area contributed by atoms with E-state index in [1.165, 1.54) is 0 Å². The van der Waals surface area contributed by atoms with Gasteiger partial charge >= 0.3 is 0 Å². The first-order valence-corrected chi connectivity index (χ1v) is 4.55. The smallest absolute Gasteiger partial charge is 0.258 e. The Morgan fingerprint density at radius 3 is 1.76 bits per heavy atom. The second kappa shape index (κ2) is 4.81. The lowest BCUT2D eigenvalue weighted by molar-refractivity contribution is -0.394. The van der Waals surface area contributed by atoms with Gasteiger partial charge in [0.1, 0.15) is 6.17 Å². The van der Waals surface area contributed by atoms with Crippen molar-refractivity contribution >= 4 is 11.4 Å². The third kappa shape index (κ3) is 2.92. The Bertz CT molecular complexity index is 432. The summed E-state index contributed by atoms with van der Waals surface area (Å²) in [5, 5.41) is 21.0. The van der Waals surface area contributed by atoms with Crippen molar-refractivity contribution in [3.05, 3.63) is 44.0 Å². The van der Waals surface area contributed by atoms with Crippen molar-refractivity contribution in [1.29, 1.82) is 0 Å². The first-order valence-electron chi connectivity index (χ1n) is 4.55. The molecule has 0 aliphatic rings. The summed E-state index contributed by atoms with van der Waals surface area (Å²) in [5.74, 6) is 0. The fourth-order valence-electron chi connectivity index (χ4n) is 1.25. The Kier molecular flexibility index (Phi) is 3.66. The molecule has 0 fully saturated rings. The van der Waals surface area contributed by atoms with Gasteiger partial charge in [-0.1, -0.05) is 0 Å². The lowest BCUT2D eigenvalue weighted by atomic mass is 10.1. The molecule has 0 saturated heterocycles. The largest absolute Gasteiger partial charge is 0.276 e. The first kappa shape index (κ1) is 12.9. The molecule has 0 radical (unpaired) electrons. The van der Waals surface area contributed by atoms with Crippen LogP contribution in [0.3, 0.4) is 0 Å². The van der Waals surface area contributed by atoms with Gasteiger partial charge in [0.15, 0.2) is 6.17 Å². The van der Waals surface area contributed by atoms with Crippen molar-refractivity contribution in [2.75, 3.05) is 0 Å². The van der Waals surface area contributed by atoms with Gasteiger partial charge in [0.2, 0.25) is 0 Å². The van der Waals surface area contributed by atoms with Crippen LogP contribution in [0.2, 0.25) is 0 Å². The van der Waals surface area contributed by atoms with Crippen LogP contribution in [0.15, 0.2) is 18.2 Å². The van der Waals surface area contributed by atoms with E-state index in [0.29, 0.717) is 6.07 Å². The van der Waals surface area contributed by atoms with Crippen molar-refractivity contribution in [2.45, 2.75) is 19.3 Å². The minimum Gasteiger partial charge on any atom is -0.258 e. The zero-order chi connectivity index (χ0) is 13.2. The molecule has 1 rings (SSSR count). The van der Waals surface area contributed by atoms with Gasteiger partial charge in [0.05, 0.1) is 15.9 Å². The molecule has 1 aromatic rings. The molecular formula is C9H8F2N2O4. The van der Waals surface area contributed by atoms with Crippen LogP contribution in [0, 0.1) is 20.2 Å². The average Bonchev–Trinajstić information content (AvgIpc) is 2.27. The summed E-state index contributed by atoms with van der Waals surface area (Å²) in [4.78, 5) is 19.2. The number of hydrogen-bond donors (Lipinski definition) is 0. The number of rotatable bonds is 4. The third-order valence-electron chi connectivity index (χ3n) is 2.07. The van der Waals surface area contributed by atoms with E-state index >= 15 is 0 Å². The standard InChI is InChI=1S/C9H8F2N2O4/c1-5(10)9(11)6-2-7(12(14)15)4-8(3-6)13(16)17/h2-5,9H,1H3. The fraction of sp³-hybridized carbons (Fsp3) is 0.333. The number of halogens is 2. The molecule has 0 heterocycles. The molecule has 2 atom stereocenters. The van der Waals surface area contributed by atoms with Crippen molar-refractivity contribution in [1.82, 2.24) is 0 Å². The minimum absolute atomic E-state index is 0.416. The van der Waals surface area contributed by atoms with Crippen LogP contribution >= 0.6 is 0 Å². The Hall–Kier alpha value is -2.12. The number of nitro benzene ring substituents is 2. The molecule has 2 unspecified atom stereocenters. The zero-order valence-electron chi connectivity index (χ0n) is 8.67. The van der Waals surface area contributed by atoms with Gasteiger partial charge in [-0.2, -0.15) is 0 Å². The van der Waals surface area contributed by atoms with Crippen molar-refractivity contribution in [2.24, 2.45) is 0 Å². The number of alkyl halides is 2. The quantitative estimate of drug-likeness (QED) is 0.603. The van der Waals surface area contributed by atoms with Gasteiger partial charge in [-0.05, 0) is 6.92 Å².